The van der Waals surface area contributed by atoms with Crippen LogP contribution in [0.25, 0.3) is 0 Å². The van der Waals surface area contributed by atoms with Gasteiger partial charge in [0.05, 0.1) is 0 Å². The molecule has 0 bridgehead atoms. The second kappa shape index (κ2) is 10.7. The summed E-state index contributed by atoms with van der Waals surface area (Å²) in [5.41, 5.74) is 0. The molecule has 0 fully saturated rings. The molecule has 0 aromatic rings. The minimum Gasteiger partial charge on any atom is -0.550 e. The van der Waals surface area contributed by atoms with Gasteiger partial charge in [-0.3, -0.25) is 4.79 Å². The van der Waals surface area contributed by atoms with E-state index in [9.17, 15) is 24.6 Å². The van der Waals surface area contributed by atoms with E-state index >= 15 is 0 Å². The van der Waals surface area contributed by atoms with Crippen molar-refractivity contribution in [3.8, 4) is 0 Å². The summed E-state index contributed by atoms with van der Waals surface area (Å²) in [5.74, 6) is -4.15. The molecular formula is C6H6Na2O5. The fourth-order valence-corrected chi connectivity index (χ4v) is 0.495. The largest absolute Gasteiger partial charge is 1.00 e. The van der Waals surface area contributed by atoms with Crippen molar-refractivity contribution in [2.45, 2.75) is 19.3 Å². The van der Waals surface area contributed by atoms with Crippen molar-refractivity contribution in [3.05, 3.63) is 0 Å². The van der Waals surface area contributed by atoms with Crippen LogP contribution in [0.4, 0.5) is 0 Å². The van der Waals surface area contributed by atoms with Gasteiger partial charge in [0.25, 0.3) is 0 Å². The number of aliphatic carboxylic acids is 2. The summed E-state index contributed by atoms with van der Waals surface area (Å²) in [4.78, 5) is 29.8. The summed E-state index contributed by atoms with van der Waals surface area (Å²) < 4.78 is 0. The Morgan fingerprint density at radius 2 is 1.38 bits per heavy atom. The molecule has 0 amide bonds. The Morgan fingerprint density at radius 1 is 0.923 bits per heavy atom. The van der Waals surface area contributed by atoms with E-state index in [-0.39, 0.29) is 78.4 Å². The summed E-state index contributed by atoms with van der Waals surface area (Å²) in [7, 11) is 0. The molecule has 0 aliphatic rings. The maximum atomic E-state index is 10.2. The molecule has 0 N–H and O–H groups in total. The summed E-state index contributed by atoms with van der Waals surface area (Å²) in [6.07, 6.45) is -0.634. The Labute approximate surface area is 119 Å². The van der Waals surface area contributed by atoms with Crippen LogP contribution in [0, 0.1) is 0 Å². The van der Waals surface area contributed by atoms with Crippen LogP contribution in [0.2, 0.25) is 0 Å². The number of carbonyl (C=O) groups is 3. The first-order valence-corrected chi connectivity index (χ1v) is 2.98. The molecule has 0 aliphatic heterocycles. The molecule has 0 saturated carbocycles. The third-order valence-corrected chi connectivity index (χ3v) is 1.01. The predicted molar refractivity (Wildman–Crippen MR) is 28.9 cm³/mol. The molecule has 7 heteroatoms. The number of carboxylic acids is 2. The zero-order valence-electron chi connectivity index (χ0n) is 7.66. The van der Waals surface area contributed by atoms with E-state index in [1.54, 1.807) is 0 Å². The fourth-order valence-electron chi connectivity index (χ4n) is 0.495. The van der Waals surface area contributed by atoms with Crippen molar-refractivity contribution >= 4 is 17.7 Å². The Bertz CT molecular complexity index is 191. The number of Topliss-reactive ketones (excluding diaryl/α,β-unsaturated/α-hetero) is 1. The second-order valence-corrected chi connectivity index (χ2v) is 1.94. The van der Waals surface area contributed by atoms with Crippen LogP contribution in [-0.4, -0.2) is 17.7 Å². The van der Waals surface area contributed by atoms with E-state index in [4.69, 9.17) is 0 Å². The first-order valence-electron chi connectivity index (χ1n) is 2.98. The van der Waals surface area contributed by atoms with E-state index in [1.807, 2.05) is 0 Å². The van der Waals surface area contributed by atoms with Gasteiger partial charge in [-0.05, 0) is 12.8 Å². The molecule has 0 aromatic heterocycles. The van der Waals surface area contributed by atoms with Gasteiger partial charge in [-0.2, -0.15) is 0 Å². The first kappa shape index (κ1) is 19.2. The number of hydrogen-bond acceptors (Lipinski definition) is 5. The van der Waals surface area contributed by atoms with Gasteiger partial charge in [-0.1, -0.05) is 0 Å². The van der Waals surface area contributed by atoms with Crippen molar-refractivity contribution in [3.63, 3.8) is 0 Å². The maximum Gasteiger partial charge on any atom is 1.00 e. The molecule has 62 valence electrons. The van der Waals surface area contributed by atoms with Gasteiger partial charge in [-0.25, -0.2) is 0 Å². The van der Waals surface area contributed by atoms with Crippen molar-refractivity contribution in [1.82, 2.24) is 0 Å². The molecular weight excluding hydrogens is 198 g/mol. The SMILES string of the molecule is O=C([O-])CCCC(=O)C(=O)[O-].[Na+].[Na+]. The Morgan fingerprint density at radius 3 is 1.69 bits per heavy atom. The second-order valence-electron chi connectivity index (χ2n) is 1.94. The number of carbonyl (C=O) groups excluding carboxylic acids is 3. The van der Waals surface area contributed by atoms with Crippen LogP contribution >= 0.6 is 0 Å². The smallest absolute Gasteiger partial charge is 0.550 e. The molecule has 0 spiro atoms. The molecule has 0 atom stereocenters. The fraction of sp³-hybridized carbons (Fsp3) is 0.500. The van der Waals surface area contributed by atoms with Crippen LogP contribution < -0.4 is 69.3 Å². The van der Waals surface area contributed by atoms with Crippen molar-refractivity contribution < 1.29 is 83.7 Å². The predicted octanol–water partition coefficient (Wildman–Crippen LogP) is -8.77. The summed E-state index contributed by atoms with van der Waals surface area (Å²) >= 11 is 0. The summed E-state index contributed by atoms with van der Waals surface area (Å²) in [6, 6.07) is 0. The van der Waals surface area contributed by atoms with E-state index in [0.717, 1.165) is 0 Å². The molecule has 5 nitrogen and oxygen atoms in total. The zero-order chi connectivity index (χ0) is 8.85. The molecule has 0 saturated heterocycles. The van der Waals surface area contributed by atoms with E-state index in [2.05, 4.69) is 0 Å². The molecule has 13 heavy (non-hydrogen) atoms. The third kappa shape index (κ3) is 12.6. The number of ketones is 1. The average molecular weight is 204 g/mol. The zero-order valence-corrected chi connectivity index (χ0v) is 11.7. The van der Waals surface area contributed by atoms with Gasteiger partial charge in [0, 0.05) is 12.4 Å². The number of rotatable bonds is 5. The number of carboxylic acid groups (broad SMARTS) is 2. The Kier molecular flexibility index (Phi) is 15.8. The van der Waals surface area contributed by atoms with Gasteiger partial charge in [0.2, 0.25) is 0 Å². The quantitative estimate of drug-likeness (QED) is 0.327. The van der Waals surface area contributed by atoms with E-state index in [0.29, 0.717) is 0 Å². The Hall–Kier alpha value is 0.610. The van der Waals surface area contributed by atoms with Crippen LogP contribution in [0.5, 0.6) is 0 Å². The first-order chi connectivity index (χ1) is 5.04. The maximum absolute atomic E-state index is 10.2. The van der Waals surface area contributed by atoms with Gasteiger partial charge >= 0.3 is 59.1 Å². The third-order valence-electron chi connectivity index (χ3n) is 1.01. The molecule has 0 aromatic carbocycles. The van der Waals surface area contributed by atoms with E-state index in [1.165, 1.54) is 0 Å². The molecule has 0 heterocycles. The van der Waals surface area contributed by atoms with Crippen LogP contribution in [-0.2, 0) is 14.4 Å². The van der Waals surface area contributed by atoms with Crippen molar-refractivity contribution in [1.29, 1.82) is 0 Å². The Balaban J connectivity index is -0.000000500. The van der Waals surface area contributed by atoms with Crippen molar-refractivity contribution in [2.24, 2.45) is 0 Å². The monoisotopic (exact) mass is 204 g/mol. The number of hydrogen-bond donors (Lipinski definition) is 0. The molecule has 0 unspecified atom stereocenters. The summed E-state index contributed by atoms with van der Waals surface area (Å²) in [5, 5.41) is 19.5. The average Bonchev–Trinajstić information content (AvgIpc) is 1.86. The minimum atomic E-state index is -1.77. The normalized spacial score (nSPS) is 7.69. The molecule has 0 rings (SSSR count). The van der Waals surface area contributed by atoms with Gasteiger partial charge in [0.1, 0.15) is 5.97 Å². The van der Waals surface area contributed by atoms with Crippen LogP contribution in [0.15, 0.2) is 0 Å². The van der Waals surface area contributed by atoms with Crippen LogP contribution in [0.1, 0.15) is 19.3 Å². The molecule has 0 aliphatic carbocycles. The van der Waals surface area contributed by atoms with Crippen LogP contribution in [0.3, 0.4) is 0 Å². The minimum absolute atomic E-state index is 0. The van der Waals surface area contributed by atoms with E-state index < -0.39 is 17.7 Å². The van der Waals surface area contributed by atoms with Crippen molar-refractivity contribution in [2.75, 3.05) is 0 Å². The van der Waals surface area contributed by atoms with Gasteiger partial charge in [0.15, 0.2) is 5.78 Å². The standard InChI is InChI=1S/C6H8O5.2Na/c7-4(6(10)11)2-1-3-5(8)9;;/h1-3H2,(H,8,9)(H,10,11);;/q;2*+1/p-2. The van der Waals surface area contributed by atoms with Gasteiger partial charge in [-0.15, -0.1) is 0 Å². The summed E-state index contributed by atoms with van der Waals surface area (Å²) in [6.45, 7) is 0. The van der Waals surface area contributed by atoms with Gasteiger partial charge < -0.3 is 19.8 Å². The topological polar surface area (TPSA) is 97.3 Å². The molecule has 0 radical (unpaired) electrons.